The third-order valence-electron chi connectivity index (χ3n) is 3.92. The summed E-state index contributed by atoms with van der Waals surface area (Å²) < 4.78 is 1.88. The zero-order chi connectivity index (χ0) is 15.5. The molecule has 0 bridgehead atoms. The Labute approximate surface area is 131 Å². The zero-order valence-corrected chi connectivity index (χ0v) is 13.3. The summed E-state index contributed by atoms with van der Waals surface area (Å²) in [5.74, 6) is 0.672. The lowest BCUT2D eigenvalue weighted by Gasteiger charge is -2.24. The van der Waals surface area contributed by atoms with Gasteiger partial charge in [-0.2, -0.15) is 5.10 Å². The van der Waals surface area contributed by atoms with E-state index in [1.54, 1.807) is 6.20 Å². The van der Waals surface area contributed by atoms with Gasteiger partial charge < -0.3 is 4.90 Å². The molecular formula is C18H23N3O. The lowest BCUT2D eigenvalue weighted by molar-refractivity contribution is 0.0722. The van der Waals surface area contributed by atoms with Gasteiger partial charge in [0.25, 0.3) is 5.91 Å². The molecule has 4 heteroatoms. The van der Waals surface area contributed by atoms with Crippen molar-refractivity contribution in [1.29, 1.82) is 0 Å². The van der Waals surface area contributed by atoms with Gasteiger partial charge in [-0.3, -0.25) is 9.48 Å². The summed E-state index contributed by atoms with van der Waals surface area (Å²) in [6, 6.07) is 10.3. The Morgan fingerprint density at radius 2 is 2.05 bits per heavy atom. The van der Waals surface area contributed by atoms with E-state index in [0.717, 1.165) is 37.1 Å². The Balaban J connectivity index is 1.69. The smallest absolute Gasteiger partial charge is 0.254 e. The molecular weight excluding hydrogens is 274 g/mol. The van der Waals surface area contributed by atoms with Crippen molar-refractivity contribution in [2.75, 3.05) is 6.54 Å². The first-order valence-corrected chi connectivity index (χ1v) is 8.01. The molecule has 1 heterocycles. The normalized spacial score (nSPS) is 14.3. The minimum absolute atomic E-state index is 0.168. The van der Waals surface area contributed by atoms with Crippen LogP contribution in [0.25, 0.3) is 0 Å². The largest absolute Gasteiger partial charge is 0.335 e. The van der Waals surface area contributed by atoms with E-state index in [1.807, 2.05) is 46.1 Å². The van der Waals surface area contributed by atoms with Crippen LogP contribution in [0.1, 0.15) is 42.6 Å². The van der Waals surface area contributed by atoms with Crippen LogP contribution < -0.4 is 0 Å². The van der Waals surface area contributed by atoms with Crippen LogP contribution in [-0.4, -0.2) is 33.2 Å². The second-order valence-electron chi connectivity index (χ2n) is 6.48. The first kappa shape index (κ1) is 14.8. The molecule has 1 aromatic heterocycles. The lowest BCUT2D eigenvalue weighted by atomic mass is 10.1. The van der Waals surface area contributed by atoms with E-state index in [4.69, 9.17) is 0 Å². The van der Waals surface area contributed by atoms with E-state index in [0.29, 0.717) is 12.0 Å². The van der Waals surface area contributed by atoms with Gasteiger partial charge in [0.1, 0.15) is 0 Å². The van der Waals surface area contributed by atoms with Gasteiger partial charge in [0.05, 0.1) is 6.54 Å². The first-order chi connectivity index (χ1) is 10.6. The molecule has 0 aliphatic heterocycles. The van der Waals surface area contributed by atoms with Gasteiger partial charge in [0.15, 0.2) is 0 Å². The van der Waals surface area contributed by atoms with E-state index in [-0.39, 0.29) is 5.91 Å². The molecule has 0 atom stereocenters. The average molecular weight is 297 g/mol. The van der Waals surface area contributed by atoms with Gasteiger partial charge >= 0.3 is 0 Å². The van der Waals surface area contributed by atoms with Crippen molar-refractivity contribution in [1.82, 2.24) is 14.7 Å². The Kier molecular flexibility index (Phi) is 4.27. The van der Waals surface area contributed by atoms with Crippen molar-refractivity contribution in [3.05, 3.63) is 53.9 Å². The second kappa shape index (κ2) is 6.34. The summed E-state index contributed by atoms with van der Waals surface area (Å²) in [5, 5.41) is 4.20. The average Bonchev–Trinajstić information content (AvgIpc) is 3.22. The van der Waals surface area contributed by atoms with Crippen molar-refractivity contribution in [3.63, 3.8) is 0 Å². The Bertz CT molecular complexity index is 612. The maximum Gasteiger partial charge on any atom is 0.254 e. The highest BCUT2D eigenvalue weighted by atomic mass is 16.2. The van der Waals surface area contributed by atoms with Crippen LogP contribution in [0.2, 0.25) is 0 Å². The Morgan fingerprint density at radius 1 is 1.32 bits per heavy atom. The summed E-state index contributed by atoms with van der Waals surface area (Å²) in [6.45, 7) is 5.91. The monoisotopic (exact) mass is 297 g/mol. The molecule has 22 heavy (non-hydrogen) atoms. The first-order valence-electron chi connectivity index (χ1n) is 8.01. The summed E-state index contributed by atoms with van der Waals surface area (Å²) in [4.78, 5) is 14.7. The number of rotatable bonds is 6. The highest BCUT2D eigenvalue weighted by Crippen LogP contribution is 2.29. The molecule has 0 radical (unpaired) electrons. The standard InChI is InChI=1S/C18H23N3O/c1-14(2)12-21(17-8-9-17)18(22)16-6-4-15(5-7-16)13-20-11-3-10-19-20/h3-7,10-11,14,17H,8-9,12-13H2,1-2H3. The van der Waals surface area contributed by atoms with Gasteiger partial charge in [-0.25, -0.2) is 0 Å². The maximum atomic E-state index is 12.7. The van der Waals surface area contributed by atoms with E-state index in [2.05, 4.69) is 18.9 Å². The summed E-state index contributed by atoms with van der Waals surface area (Å²) in [5.41, 5.74) is 1.94. The van der Waals surface area contributed by atoms with Crippen molar-refractivity contribution >= 4 is 5.91 Å². The fraction of sp³-hybridized carbons (Fsp3) is 0.444. The van der Waals surface area contributed by atoms with E-state index in [9.17, 15) is 4.79 Å². The fourth-order valence-electron chi connectivity index (χ4n) is 2.68. The van der Waals surface area contributed by atoms with Gasteiger partial charge in [0.2, 0.25) is 0 Å². The summed E-state index contributed by atoms with van der Waals surface area (Å²) in [6.07, 6.45) is 6.01. The molecule has 4 nitrogen and oxygen atoms in total. The highest BCUT2D eigenvalue weighted by molar-refractivity contribution is 5.94. The van der Waals surface area contributed by atoms with Crippen LogP contribution in [0, 0.1) is 5.92 Å². The van der Waals surface area contributed by atoms with Crippen LogP contribution in [0.4, 0.5) is 0 Å². The number of carbonyl (C=O) groups excluding carboxylic acids is 1. The minimum Gasteiger partial charge on any atom is -0.335 e. The molecule has 1 saturated carbocycles. The number of nitrogens with zero attached hydrogens (tertiary/aromatic N) is 3. The number of amides is 1. The predicted molar refractivity (Wildman–Crippen MR) is 86.7 cm³/mol. The summed E-state index contributed by atoms with van der Waals surface area (Å²) in [7, 11) is 0. The molecule has 1 amide bonds. The van der Waals surface area contributed by atoms with E-state index < -0.39 is 0 Å². The SMILES string of the molecule is CC(C)CN(C(=O)c1ccc(Cn2cccn2)cc1)C1CC1. The van der Waals surface area contributed by atoms with Gasteiger partial charge in [-0.05, 0) is 42.5 Å². The topological polar surface area (TPSA) is 38.1 Å². The fourth-order valence-corrected chi connectivity index (χ4v) is 2.68. The van der Waals surface area contributed by atoms with Crippen LogP contribution in [0.15, 0.2) is 42.7 Å². The third-order valence-corrected chi connectivity index (χ3v) is 3.92. The molecule has 2 aromatic rings. The van der Waals surface area contributed by atoms with Gasteiger partial charge in [-0.1, -0.05) is 26.0 Å². The predicted octanol–water partition coefficient (Wildman–Crippen LogP) is 3.19. The van der Waals surface area contributed by atoms with Crippen LogP contribution in [0.3, 0.4) is 0 Å². The van der Waals surface area contributed by atoms with E-state index >= 15 is 0 Å². The van der Waals surface area contributed by atoms with Crippen molar-refractivity contribution in [3.8, 4) is 0 Å². The Morgan fingerprint density at radius 3 is 2.59 bits per heavy atom. The van der Waals surface area contributed by atoms with Crippen LogP contribution >= 0.6 is 0 Å². The third kappa shape index (κ3) is 3.56. The summed E-state index contributed by atoms with van der Waals surface area (Å²) >= 11 is 0. The molecule has 0 spiro atoms. The van der Waals surface area contributed by atoms with E-state index in [1.165, 1.54) is 0 Å². The molecule has 1 aliphatic carbocycles. The van der Waals surface area contributed by atoms with Gasteiger partial charge in [-0.15, -0.1) is 0 Å². The molecule has 0 N–H and O–H groups in total. The molecule has 0 unspecified atom stereocenters. The number of benzene rings is 1. The number of carbonyl (C=O) groups is 1. The molecule has 1 aliphatic rings. The molecule has 0 saturated heterocycles. The minimum atomic E-state index is 0.168. The molecule has 1 aromatic carbocycles. The second-order valence-corrected chi connectivity index (χ2v) is 6.48. The van der Waals surface area contributed by atoms with Crippen LogP contribution in [-0.2, 0) is 6.54 Å². The number of hydrogen-bond donors (Lipinski definition) is 0. The zero-order valence-electron chi connectivity index (χ0n) is 13.3. The maximum absolute atomic E-state index is 12.7. The molecule has 1 fully saturated rings. The molecule has 3 rings (SSSR count). The Hall–Kier alpha value is -2.10. The molecule has 116 valence electrons. The number of hydrogen-bond acceptors (Lipinski definition) is 2. The van der Waals surface area contributed by atoms with Crippen molar-refractivity contribution in [2.24, 2.45) is 5.92 Å². The number of aromatic nitrogens is 2. The van der Waals surface area contributed by atoms with Crippen LogP contribution in [0.5, 0.6) is 0 Å². The van der Waals surface area contributed by atoms with Crippen molar-refractivity contribution in [2.45, 2.75) is 39.3 Å². The lowest BCUT2D eigenvalue weighted by Crippen LogP contribution is -2.36. The quantitative estimate of drug-likeness (QED) is 0.821. The van der Waals surface area contributed by atoms with Crippen molar-refractivity contribution < 1.29 is 4.79 Å². The van der Waals surface area contributed by atoms with Gasteiger partial charge in [0, 0.05) is 30.5 Å². The highest BCUT2D eigenvalue weighted by Gasteiger charge is 2.33.